The molecule has 6 rings (SSSR count). The fourth-order valence-electron chi connectivity index (χ4n) is 6.42. The SMILES string of the molecule is Cc1cc(-c2ccc(NC(=O)c3ccc(S(=O)(=O)N4CCCCC4)cc3)c(C)c2)ccc1NC(=O)c1ccc(S(=O)(=O)N2CCCCC2)cc1. The molecule has 262 valence electrons. The van der Waals surface area contributed by atoms with Gasteiger partial charge in [0.05, 0.1) is 9.79 Å². The average Bonchev–Trinajstić information content (AvgIpc) is 3.14. The van der Waals surface area contributed by atoms with Gasteiger partial charge < -0.3 is 10.6 Å². The van der Waals surface area contributed by atoms with Crippen LogP contribution in [-0.4, -0.2) is 63.4 Å². The zero-order valence-corrected chi connectivity index (χ0v) is 29.9. The van der Waals surface area contributed by atoms with Gasteiger partial charge in [0.1, 0.15) is 0 Å². The van der Waals surface area contributed by atoms with Gasteiger partial charge in [-0.25, -0.2) is 16.8 Å². The summed E-state index contributed by atoms with van der Waals surface area (Å²) in [6, 6.07) is 23.5. The maximum atomic E-state index is 13.0. The van der Waals surface area contributed by atoms with Crippen LogP contribution in [0.2, 0.25) is 0 Å². The Hall–Kier alpha value is -4.36. The molecule has 0 atom stereocenters. The number of rotatable bonds is 9. The van der Waals surface area contributed by atoms with Gasteiger partial charge in [0.2, 0.25) is 20.0 Å². The van der Waals surface area contributed by atoms with Gasteiger partial charge in [0.25, 0.3) is 11.8 Å². The molecule has 50 heavy (non-hydrogen) atoms. The molecule has 2 aliphatic heterocycles. The number of anilines is 2. The van der Waals surface area contributed by atoms with Crippen LogP contribution in [0.15, 0.2) is 94.7 Å². The molecule has 2 saturated heterocycles. The highest BCUT2D eigenvalue weighted by atomic mass is 32.2. The number of carbonyl (C=O) groups excluding carboxylic acids is 2. The van der Waals surface area contributed by atoms with E-state index in [0.29, 0.717) is 48.7 Å². The number of hydrogen-bond donors (Lipinski definition) is 2. The van der Waals surface area contributed by atoms with E-state index in [9.17, 15) is 26.4 Å². The second kappa shape index (κ2) is 14.9. The van der Waals surface area contributed by atoms with Crippen LogP contribution in [0.5, 0.6) is 0 Å². The number of benzene rings is 4. The molecule has 2 fully saturated rings. The van der Waals surface area contributed by atoms with Crippen molar-refractivity contribution in [1.82, 2.24) is 8.61 Å². The van der Waals surface area contributed by atoms with Crippen molar-refractivity contribution in [3.05, 3.63) is 107 Å². The van der Waals surface area contributed by atoms with E-state index in [1.54, 1.807) is 0 Å². The summed E-state index contributed by atoms with van der Waals surface area (Å²) in [4.78, 5) is 26.5. The Bertz CT molecular complexity index is 1950. The number of hydrogen-bond acceptors (Lipinski definition) is 6. The molecule has 2 heterocycles. The van der Waals surface area contributed by atoms with Crippen molar-refractivity contribution < 1.29 is 26.4 Å². The Morgan fingerprint density at radius 1 is 0.500 bits per heavy atom. The lowest BCUT2D eigenvalue weighted by molar-refractivity contribution is 0.101. The van der Waals surface area contributed by atoms with E-state index in [0.717, 1.165) is 60.8 Å². The van der Waals surface area contributed by atoms with Crippen LogP contribution in [0.3, 0.4) is 0 Å². The predicted octanol–water partition coefficient (Wildman–Crippen LogP) is 6.82. The van der Waals surface area contributed by atoms with Crippen LogP contribution in [0, 0.1) is 13.8 Å². The standard InChI is InChI=1S/C38H42N4O6S2/c1-27-25-31(13-19-35(27)39-37(43)29-9-15-33(16-10-29)49(45,46)41-21-5-3-6-22-41)32-14-20-36(28(2)26-32)40-38(44)30-11-17-34(18-12-30)50(47,48)42-23-7-4-8-24-42/h9-20,25-26H,3-8,21-24H2,1-2H3,(H,39,43)(H,40,44). The fourth-order valence-corrected chi connectivity index (χ4v) is 9.46. The van der Waals surface area contributed by atoms with E-state index in [1.165, 1.54) is 57.1 Å². The van der Waals surface area contributed by atoms with Crippen molar-refractivity contribution in [2.45, 2.75) is 62.2 Å². The van der Waals surface area contributed by atoms with Gasteiger partial charge in [-0.2, -0.15) is 8.61 Å². The lowest BCUT2D eigenvalue weighted by atomic mass is 9.99. The second-order valence-corrected chi connectivity index (χ2v) is 16.8. The van der Waals surface area contributed by atoms with Crippen molar-refractivity contribution in [2.24, 2.45) is 0 Å². The summed E-state index contributed by atoms with van der Waals surface area (Å²) in [5.74, 6) is -0.672. The molecule has 4 aromatic rings. The smallest absolute Gasteiger partial charge is 0.255 e. The Morgan fingerprint density at radius 3 is 1.16 bits per heavy atom. The van der Waals surface area contributed by atoms with E-state index in [1.807, 2.05) is 50.2 Å². The molecule has 4 aromatic carbocycles. The number of nitrogens with one attached hydrogen (secondary N) is 2. The van der Waals surface area contributed by atoms with E-state index in [-0.39, 0.29) is 21.6 Å². The van der Waals surface area contributed by atoms with Gasteiger partial charge in [0, 0.05) is 48.7 Å². The maximum Gasteiger partial charge on any atom is 0.255 e. The molecule has 2 amide bonds. The molecule has 0 radical (unpaired) electrons. The monoisotopic (exact) mass is 714 g/mol. The van der Waals surface area contributed by atoms with E-state index in [2.05, 4.69) is 10.6 Å². The number of aryl methyl sites for hydroxylation is 2. The summed E-state index contributed by atoms with van der Waals surface area (Å²) in [7, 11) is -7.15. The van der Waals surface area contributed by atoms with E-state index >= 15 is 0 Å². The molecular weight excluding hydrogens is 673 g/mol. The van der Waals surface area contributed by atoms with Crippen LogP contribution in [0.4, 0.5) is 11.4 Å². The number of piperidine rings is 2. The minimum Gasteiger partial charge on any atom is -0.322 e. The lowest BCUT2D eigenvalue weighted by Crippen LogP contribution is -2.35. The predicted molar refractivity (Wildman–Crippen MR) is 195 cm³/mol. The van der Waals surface area contributed by atoms with E-state index in [4.69, 9.17) is 0 Å². The van der Waals surface area contributed by atoms with Crippen LogP contribution >= 0.6 is 0 Å². The van der Waals surface area contributed by atoms with Crippen LogP contribution in [0.1, 0.15) is 70.4 Å². The molecule has 0 spiro atoms. The molecule has 0 unspecified atom stereocenters. The summed E-state index contributed by atoms with van der Waals surface area (Å²) in [6.45, 7) is 5.88. The van der Waals surface area contributed by atoms with Gasteiger partial charge in [0.15, 0.2) is 0 Å². The number of nitrogens with zero attached hydrogens (tertiary/aromatic N) is 2. The first-order chi connectivity index (χ1) is 23.9. The van der Waals surface area contributed by atoms with Gasteiger partial charge in [-0.15, -0.1) is 0 Å². The Morgan fingerprint density at radius 2 is 0.840 bits per heavy atom. The zero-order valence-electron chi connectivity index (χ0n) is 28.3. The quantitative estimate of drug-likeness (QED) is 0.196. The third kappa shape index (κ3) is 7.68. The highest BCUT2D eigenvalue weighted by molar-refractivity contribution is 7.89. The van der Waals surface area contributed by atoms with Crippen molar-refractivity contribution in [3.8, 4) is 11.1 Å². The average molecular weight is 715 g/mol. The molecule has 0 aliphatic carbocycles. The van der Waals surface area contributed by atoms with Crippen LogP contribution in [0.25, 0.3) is 11.1 Å². The van der Waals surface area contributed by atoms with Gasteiger partial charge in [-0.1, -0.05) is 25.0 Å². The number of carbonyl (C=O) groups is 2. The highest BCUT2D eigenvalue weighted by Crippen LogP contribution is 2.29. The summed E-state index contributed by atoms with van der Waals surface area (Å²) in [6.07, 6.45) is 5.49. The summed E-state index contributed by atoms with van der Waals surface area (Å²) in [5.41, 5.74) is 5.55. The minimum absolute atomic E-state index is 0.187. The lowest BCUT2D eigenvalue weighted by Gasteiger charge is -2.25. The molecule has 2 N–H and O–H groups in total. The number of sulfonamides is 2. The molecule has 0 saturated carbocycles. The first-order valence-electron chi connectivity index (χ1n) is 17.0. The minimum atomic E-state index is -3.57. The molecular formula is C38H42N4O6S2. The molecule has 0 bridgehead atoms. The Balaban J connectivity index is 1.08. The van der Waals surface area contributed by atoms with Crippen molar-refractivity contribution in [3.63, 3.8) is 0 Å². The number of amides is 2. The molecule has 12 heteroatoms. The maximum absolute atomic E-state index is 13.0. The third-order valence-corrected chi connectivity index (χ3v) is 13.2. The van der Waals surface area contributed by atoms with Gasteiger partial charge >= 0.3 is 0 Å². The van der Waals surface area contributed by atoms with Gasteiger partial charge in [-0.05, 0) is 135 Å². The first-order valence-corrected chi connectivity index (χ1v) is 19.9. The molecule has 2 aliphatic rings. The molecule has 0 aromatic heterocycles. The normalized spacial score (nSPS) is 16.1. The zero-order chi connectivity index (χ0) is 35.5. The Labute approximate surface area is 294 Å². The van der Waals surface area contributed by atoms with Crippen molar-refractivity contribution in [1.29, 1.82) is 0 Å². The van der Waals surface area contributed by atoms with Crippen molar-refractivity contribution in [2.75, 3.05) is 36.8 Å². The summed E-state index contributed by atoms with van der Waals surface area (Å²) < 4.78 is 54.9. The topological polar surface area (TPSA) is 133 Å². The van der Waals surface area contributed by atoms with E-state index < -0.39 is 20.0 Å². The van der Waals surface area contributed by atoms with Crippen LogP contribution in [-0.2, 0) is 20.0 Å². The summed E-state index contributed by atoms with van der Waals surface area (Å²) >= 11 is 0. The van der Waals surface area contributed by atoms with Crippen molar-refractivity contribution >= 4 is 43.2 Å². The molecule has 10 nitrogen and oxygen atoms in total. The first kappa shape index (κ1) is 35.5. The largest absolute Gasteiger partial charge is 0.322 e. The third-order valence-electron chi connectivity index (χ3n) is 9.42. The second-order valence-electron chi connectivity index (χ2n) is 12.9. The van der Waals surface area contributed by atoms with Gasteiger partial charge in [-0.3, -0.25) is 9.59 Å². The summed E-state index contributed by atoms with van der Waals surface area (Å²) in [5, 5.41) is 5.86. The fraction of sp³-hybridized carbons (Fsp3) is 0.316. The Kier molecular flexibility index (Phi) is 10.5. The van der Waals surface area contributed by atoms with Crippen LogP contribution < -0.4 is 10.6 Å². The highest BCUT2D eigenvalue weighted by Gasteiger charge is 2.27.